The van der Waals surface area contributed by atoms with Gasteiger partial charge in [0.1, 0.15) is 16.5 Å². The molecule has 0 aliphatic carbocycles. The number of hydrazine groups is 1. The molecule has 2 fully saturated rings. The molecule has 0 saturated carbocycles. The Morgan fingerprint density at radius 3 is 2.93 bits per heavy atom. The van der Waals surface area contributed by atoms with Gasteiger partial charge in [-0.15, -0.1) is 22.7 Å². The topological polar surface area (TPSA) is 74.3 Å². The van der Waals surface area contributed by atoms with Gasteiger partial charge in [0.2, 0.25) is 0 Å². The number of hydrogen-bond acceptors (Lipinski definition) is 9. The number of nitrogens with zero attached hydrogens (tertiary/aromatic N) is 3. The smallest absolute Gasteiger partial charge is 0.146 e. The summed E-state index contributed by atoms with van der Waals surface area (Å²) in [5.74, 6) is 2.37. The molecule has 3 aromatic heterocycles. The summed E-state index contributed by atoms with van der Waals surface area (Å²) in [6.45, 7) is 8.27. The van der Waals surface area contributed by atoms with Gasteiger partial charge in [-0.05, 0) is 18.4 Å². The fourth-order valence-electron chi connectivity index (χ4n) is 3.88. The Bertz CT molecular complexity index is 953. The van der Waals surface area contributed by atoms with Crippen molar-refractivity contribution >= 4 is 38.7 Å². The van der Waals surface area contributed by atoms with Crippen LogP contribution in [-0.4, -0.2) is 60.3 Å². The number of thiophene rings is 2. The summed E-state index contributed by atoms with van der Waals surface area (Å²) in [5.41, 5.74) is 7.78. The zero-order valence-corrected chi connectivity index (χ0v) is 18.1. The van der Waals surface area contributed by atoms with Crippen LogP contribution in [0.15, 0.2) is 22.9 Å². The van der Waals surface area contributed by atoms with Crippen LogP contribution in [0.2, 0.25) is 0 Å². The summed E-state index contributed by atoms with van der Waals surface area (Å²) in [6, 6.07) is 4.71. The number of morpholine rings is 1. The molecular formula is C20H26N6OS2. The average molecular weight is 431 g/mol. The van der Waals surface area contributed by atoms with Crippen LogP contribution in [0.25, 0.3) is 20.7 Å². The first kappa shape index (κ1) is 19.3. The number of rotatable bonds is 6. The lowest BCUT2D eigenvalue weighted by Gasteiger charge is -2.26. The van der Waals surface area contributed by atoms with Crippen molar-refractivity contribution in [2.24, 2.45) is 5.92 Å². The van der Waals surface area contributed by atoms with Crippen molar-refractivity contribution in [3.8, 4) is 10.4 Å². The van der Waals surface area contributed by atoms with Crippen molar-refractivity contribution in [2.45, 2.75) is 19.5 Å². The lowest BCUT2D eigenvalue weighted by Crippen LogP contribution is -2.36. The molecule has 5 heterocycles. The van der Waals surface area contributed by atoms with E-state index in [0.29, 0.717) is 12.0 Å². The third-order valence-corrected chi connectivity index (χ3v) is 7.44. The number of aromatic nitrogens is 2. The lowest BCUT2D eigenvalue weighted by atomic mass is 10.0. The highest BCUT2D eigenvalue weighted by Crippen LogP contribution is 2.39. The first-order chi connectivity index (χ1) is 14.3. The van der Waals surface area contributed by atoms with Gasteiger partial charge in [0, 0.05) is 54.0 Å². The molecule has 2 unspecified atom stereocenters. The molecule has 2 atom stereocenters. The van der Waals surface area contributed by atoms with E-state index in [-0.39, 0.29) is 0 Å². The minimum absolute atomic E-state index is 0.437. The van der Waals surface area contributed by atoms with E-state index in [2.05, 4.69) is 50.9 Å². The second-order valence-corrected chi connectivity index (χ2v) is 9.44. The van der Waals surface area contributed by atoms with E-state index in [4.69, 9.17) is 14.7 Å². The van der Waals surface area contributed by atoms with Crippen LogP contribution in [0.3, 0.4) is 0 Å². The molecule has 3 N–H and O–H groups in total. The van der Waals surface area contributed by atoms with E-state index in [0.717, 1.165) is 67.8 Å². The van der Waals surface area contributed by atoms with Gasteiger partial charge in [0.25, 0.3) is 0 Å². The highest BCUT2D eigenvalue weighted by molar-refractivity contribution is 7.18. The normalized spacial score (nSPS) is 23.1. The zero-order valence-electron chi connectivity index (χ0n) is 16.5. The molecule has 0 radical (unpaired) electrons. The Labute approximate surface area is 178 Å². The molecule has 3 aromatic rings. The predicted molar refractivity (Wildman–Crippen MR) is 119 cm³/mol. The summed E-state index contributed by atoms with van der Waals surface area (Å²) in [7, 11) is 0. The van der Waals surface area contributed by atoms with Crippen molar-refractivity contribution in [1.29, 1.82) is 0 Å². The third-order valence-electron chi connectivity index (χ3n) is 5.67. The number of nitrogens with one attached hydrogen (secondary N) is 3. The fourth-order valence-corrected chi connectivity index (χ4v) is 5.66. The van der Waals surface area contributed by atoms with E-state index >= 15 is 0 Å². The van der Waals surface area contributed by atoms with E-state index < -0.39 is 0 Å². The quantitative estimate of drug-likeness (QED) is 0.555. The van der Waals surface area contributed by atoms with Gasteiger partial charge in [-0.3, -0.25) is 15.8 Å². The minimum Gasteiger partial charge on any atom is -0.379 e. The van der Waals surface area contributed by atoms with Crippen molar-refractivity contribution in [1.82, 2.24) is 25.7 Å². The van der Waals surface area contributed by atoms with E-state index in [1.807, 2.05) is 0 Å². The fraction of sp³-hybridized carbons (Fsp3) is 0.500. The Kier molecular flexibility index (Phi) is 5.76. The van der Waals surface area contributed by atoms with Crippen LogP contribution < -0.4 is 16.2 Å². The number of ether oxygens (including phenoxy) is 1. The van der Waals surface area contributed by atoms with Crippen LogP contribution in [0.5, 0.6) is 0 Å². The van der Waals surface area contributed by atoms with E-state index in [1.54, 1.807) is 22.7 Å². The maximum atomic E-state index is 5.48. The van der Waals surface area contributed by atoms with E-state index in [1.165, 1.54) is 10.4 Å². The number of anilines is 1. The summed E-state index contributed by atoms with van der Waals surface area (Å²) in [5, 5.41) is 9.15. The molecule has 2 saturated heterocycles. The van der Waals surface area contributed by atoms with Crippen molar-refractivity contribution in [2.75, 3.05) is 44.7 Å². The molecule has 29 heavy (non-hydrogen) atoms. The van der Waals surface area contributed by atoms with Gasteiger partial charge in [-0.2, -0.15) is 0 Å². The highest BCUT2D eigenvalue weighted by atomic mass is 32.1. The van der Waals surface area contributed by atoms with Gasteiger partial charge in [-0.1, -0.05) is 6.07 Å². The Hall–Kier alpha value is -1.62. The zero-order chi connectivity index (χ0) is 19.6. The molecule has 2 aliphatic rings. The summed E-state index contributed by atoms with van der Waals surface area (Å²) >= 11 is 3.47. The van der Waals surface area contributed by atoms with Gasteiger partial charge >= 0.3 is 0 Å². The Morgan fingerprint density at radius 2 is 2.17 bits per heavy atom. The molecule has 154 valence electrons. The predicted octanol–water partition coefficient (Wildman–Crippen LogP) is 2.78. The average Bonchev–Trinajstić information content (AvgIpc) is 3.48. The molecule has 7 nitrogen and oxygen atoms in total. The van der Waals surface area contributed by atoms with Gasteiger partial charge in [0.05, 0.1) is 25.1 Å². The minimum atomic E-state index is 0.437. The first-order valence-corrected chi connectivity index (χ1v) is 11.9. The molecule has 0 bridgehead atoms. The summed E-state index contributed by atoms with van der Waals surface area (Å²) < 4.78 is 5.48. The van der Waals surface area contributed by atoms with Crippen LogP contribution in [0.1, 0.15) is 12.7 Å². The Morgan fingerprint density at radius 1 is 1.28 bits per heavy atom. The van der Waals surface area contributed by atoms with E-state index in [9.17, 15) is 0 Å². The van der Waals surface area contributed by atoms with Crippen molar-refractivity contribution < 1.29 is 4.74 Å². The molecule has 0 amide bonds. The van der Waals surface area contributed by atoms with Crippen LogP contribution in [0, 0.1) is 5.92 Å². The van der Waals surface area contributed by atoms with Gasteiger partial charge in [0.15, 0.2) is 0 Å². The van der Waals surface area contributed by atoms with Crippen LogP contribution in [-0.2, 0) is 11.3 Å². The third kappa shape index (κ3) is 4.16. The Balaban J connectivity index is 1.47. The molecule has 5 rings (SSSR count). The molecule has 0 spiro atoms. The largest absolute Gasteiger partial charge is 0.379 e. The van der Waals surface area contributed by atoms with Gasteiger partial charge in [-0.25, -0.2) is 9.97 Å². The second-order valence-electron chi connectivity index (χ2n) is 7.64. The maximum Gasteiger partial charge on any atom is 0.146 e. The number of hydrogen-bond donors (Lipinski definition) is 3. The highest BCUT2D eigenvalue weighted by Gasteiger charge is 2.24. The molecule has 2 aliphatic heterocycles. The molecular weight excluding hydrogens is 404 g/mol. The lowest BCUT2D eigenvalue weighted by molar-refractivity contribution is 0.0331. The van der Waals surface area contributed by atoms with Crippen LogP contribution >= 0.6 is 22.7 Å². The molecule has 0 aromatic carbocycles. The molecule has 9 heteroatoms. The first-order valence-electron chi connectivity index (χ1n) is 10.1. The summed E-state index contributed by atoms with van der Waals surface area (Å²) in [6.07, 6.45) is 0. The monoisotopic (exact) mass is 430 g/mol. The SMILES string of the molecule is CC1NNCC1CNc1nc(CN2CCOCC2)nc2scc(-c3cccs3)c12. The second kappa shape index (κ2) is 8.63. The standard InChI is InChI=1S/C20H26N6OS2/c1-13-14(10-22-25-13)9-21-19-18-15(16-3-2-8-28-16)12-29-20(18)24-17(23-19)11-26-4-6-27-7-5-26/h2-3,8,12-14,22,25H,4-7,9-11H2,1H3,(H,21,23,24). The van der Waals surface area contributed by atoms with Crippen molar-refractivity contribution in [3.63, 3.8) is 0 Å². The summed E-state index contributed by atoms with van der Waals surface area (Å²) in [4.78, 5) is 14.6. The number of fused-ring (bicyclic) bond motifs is 1. The van der Waals surface area contributed by atoms with Gasteiger partial charge < -0.3 is 10.1 Å². The van der Waals surface area contributed by atoms with Crippen molar-refractivity contribution in [3.05, 3.63) is 28.7 Å². The van der Waals surface area contributed by atoms with Crippen LogP contribution in [0.4, 0.5) is 5.82 Å². The maximum absolute atomic E-state index is 5.48.